The molecule has 1 heterocycles. The van der Waals surface area contributed by atoms with Gasteiger partial charge in [-0.3, -0.25) is 4.79 Å². The fourth-order valence-corrected chi connectivity index (χ4v) is 5.04. The van der Waals surface area contributed by atoms with Gasteiger partial charge in [0.15, 0.2) is 0 Å². The van der Waals surface area contributed by atoms with E-state index in [4.69, 9.17) is 18.0 Å². The summed E-state index contributed by atoms with van der Waals surface area (Å²) in [5.74, 6) is 1.77. The van der Waals surface area contributed by atoms with E-state index in [1.54, 1.807) is 24.3 Å². The van der Waals surface area contributed by atoms with E-state index in [1.807, 2.05) is 0 Å². The lowest BCUT2D eigenvalue weighted by Gasteiger charge is -2.30. The number of hydrogen-bond donors (Lipinski definition) is 1. The van der Waals surface area contributed by atoms with E-state index >= 15 is 0 Å². The third-order valence-electron chi connectivity index (χ3n) is 5.00. The summed E-state index contributed by atoms with van der Waals surface area (Å²) in [6.45, 7) is 0.0174. The lowest BCUT2D eigenvalue weighted by Crippen LogP contribution is -2.41. The molecule has 1 N–H and O–H groups in total. The summed E-state index contributed by atoms with van der Waals surface area (Å²) in [5.41, 5.74) is -0.0602. The second-order valence-corrected chi connectivity index (χ2v) is 9.38. The second kappa shape index (κ2) is 8.91. The molecule has 0 spiro atoms. The molecule has 10 heteroatoms. The molecule has 1 amide bonds. The summed E-state index contributed by atoms with van der Waals surface area (Å²) in [4.78, 5) is 12.0. The van der Waals surface area contributed by atoms with Gasteiger partial charge in [0.2, 0.25) is 15.9 Å². The molecule has 0 atom stereocenters. The van der Waals surface area contributed by atoms with Gasteiger partial charge in [-0.25, -0.2) is 8.42 Å². The zero-order valence-electron chi connectivity index (χ0n) is 16.1. The smallest absolute Gasteiger partial charge is 0.326 e. The van der Waals surface area contributed by atoms with Crippen LogP contribution in [-0.4, -0.2) is 31.7 Å². The summed E-state index contributed by atoms with van der Waals surface area (Å²) < 4.78 is 65.9. The standard InChI is InChI=1S/C21H18ClF3N2O3S/c1-2-14-4-3-5-16(12-14)26-20(28)15-8-10-27(11-9-15)31(29,30)17-6-7-19(22)18(13-17)21(23,24)25/h1,3-7,12-13,15H,8-11H2,(H,26,28). The van der Waals surface area contributed by atoms with Crippen LogP contribution in [0.15, 0.2) is 47.4 Å². The van der Waals surface area contributed by atoms with E-state index in [0.717, 1.165) is 16.4 Å². The first-order valence-electron chi connectivity index (χ1n) is 9.27. The van der Waals surface area contributed by atoms with Gasteiger partial charge in [0, 0.05) is 30.3 Å². The zero-order chi connectivity index (χ0) is 22.8. The molecule has 0 aromatic heterocycles. The van der Waals surface area contributed by atoms with Gasteiger partial charge in [-0.2, -0.15) is 17.5 Å². The summed E-state index contributed by atoms with van der Waals surface area (Å²) in [7, 11) is -4.16. The van der Waals surface area contributed by atoms with Crippen molar-refractivity contribution in [2.24, 2.45) is 5.92 Å². The van der Waals surface area contributed by atoms with Crippen LogP contribution in [0, 0.1) is 18.3 Å². The summed E-state index contributed by atoms with van der Waals surface area (Å²) in [5, 5.41) is 2.19. The molecule has 1 aliphatic heterocycles. The third kappa shape index (κ3) is 5.21. The molecular formula is C21H18ClF3N2O3S. The minimum Gasteiger partial charge on any atom is -0.326 e. The van der Waals surface area contributed by atoms with Crippen LogP contribution in [0.4, 0.5) is 18.9 Å². The molecule has 2 aromatic carbocycles. The molecule has 1 aliphatic rings. The number of halogens is 4. The van der Waals surface area contributed by atoms with Crippen molar-refractivity contribution in [1.82, 2.24) is 4.31 Å². The SMILES string of the molecule is C#Cc1cccc(NC(=O)C2CCN(S(=O)(=O)c3ccc(Cl)c(C(F)(F)F)c3)CC2)c1. The van der Waals surface area contributed by atoms with Crippen molar-refractivity contribution in [3.63, 3.8) is 0 Å². The van der Waals surface area contributed by atoms with Crippen LogP contribution in [-0.2, 0) is 21.0 Å². The monoisotopic (exact) mass is 470 g/mol. The van der Waals surface area contributed by atoms with E-state index in [1.165, 1.54) is 0 Å². The number of nitrogens with zero attached hydrogens (tertiary/aromatic N) is 1. The van der Waals surface area contributed by atoms with E-state index in [2.05, 4.69) is 11.2 Å². The number of piperidine rings is 1. The van der Waals surface area contributed by atoms with Gasteiger partial charge in [-0.1, -0.05) is 23.6 Å². The number of terminal acetylenes is 1. The number of carbonyl (C=O) groups excluding carboxylic acids is 1. The molecule has 5 nitrogen and oxygen atoms in total. The van der Waals surface area contributed by atoms with Crippen molar-refractivity contribution in [2.45, 2.75) is 23.9 Å². The fourth-order valence-electron chi connectivity index (χ4n) is 3.32. The summed E-state index contributed by atoms with van der Waals surface area (Å²) in [6.07, 6.45) is 1.04. The highest BCUT2D eigenvalue weighted by Gasteiger charge is 2.37. The van der Waals surface area contributed by atoms with Gasteiger partial charge in [0.25, 0.3) is 0 Å². The Balaban J connectivity index is 1.68. The molecule has 0 saturated carbocycles. The van der Waals surface area contributed by atoms with E-state index in [0.29, 0.717) is 17.3 Å². The average Bonchev–Trinajstić information content (AvgIpc) is 2.73. The van der Waals surface area contributed by atoms with Gasteiger partial charge in [-0.15, -0.1) is 6.42 Å². The molecule has 0 unspecified atom stereocenters. The number of nitrogens with one attached hydrogen (secondary N) is 1. The number of hydrogen-bond acceptors (Lipinski definition) is 3. The summed E-state index contributed by atoms with van der Waals surface area (Å²) in [6, 6.07) is 9.27. The van der Waals surface area contributed by atoms with Crippen molar-refractivity contribution in [1.29, 1.82) is 0 Å². The average molecular weight is 471 g/mol. The first kappa shape index (κ1) is 23.1. The number of sulfonamides is 1. The number of alkyl halides is 3. The molecule has 2 aromatic rings. The number of rotatable bonds is 4. The highest BCUT2D eigenvalue weighted by Crippen LogP contribution is 2.36. The Morgan fingerprint density at radius 2 is 1.84 bits per heavy atom. The molecule has 0 bridgehead atoms. The van der Waals surface area contributed by atoms with E-state index in [-0.39, 0.29) is 31.8 Å². The van der Waals surface area contributed by atoms with Gasteiger partial charge < -0.3 is 5.32 Å². The molecule has 0 aliphatic carbocycles. The van der Waals surface area contributed by atoms with E-state index in [9.17, 15) is 26.4 Å². The van der Waals surface area contributed by atoms with E-state index < -0.39 is 37.6 Å². The first-order chi connectivity index (χ1) is 14.5. The number of benzene rings is 2. The van der Waals surface area contributed by atoms with Crippen LogP contribution in [0.2, 0.25) is 5.02 Å². The van der Waals surface area contributed by atoms with Crippen molar-refractivity contribution < 1.29 is 26.4 Å². The van der Waals surface area contributed by atoms with Crippen LogP contribution in [0.25, 0.3) is 0 Å². The van der Waals surface area contributed by atoms with Crippen molar-refractivity contribution in [2.75, 3.05) is 18.4 Å². The third-order valence-corrected chi connectivity index (χ3v) is 7.23. The van der Waals surface area contributed by atoms with Crippen LogP contribution >= 0.6 is 11.6 Å². The fraction of sp³-hybridized carbons (Fsp3) is 0.286. The Kier molecular flexibility index (Phi) is 6.65. The number of anilines is 1. The van der Waals surface area contributed by atoms with Crippen molar-refractivity contribution >= 4 is 33.2 Å². The number of carbonyl (C=O) groups is 1. The summed E-state index contributed by atoms with van der Waals surface area (Å²) >= 11 is 5.57. The Hall–Kier alpha value is -2.54. The highest BCUT2D eigenvalue weighted by molar-refractivity contribution is 7.89. The molecule has 31 heavy (non-hydrogen) atoms. The Morgan fingerprint density at radius 3 is 2.45 bits per heavy atom. The Labute approximate surface area is 183 Å². The van der Waals surface area contributed by atoms with Gasteiger partial charge >= 0.3 is 6.18 Å². The maximum Gasteiger partial charge on any atom is 0.417 e. The van der Waals surface area contributed by atoms with Crippen LogP contribution in [0.3, 0.4) is 0 Å². The predicted molar refractivity (Wildman–Crippen MR) is 111 cm³/mol. The highest BCUT2D eigenvalue weighted by atomic mass is 35.5. The van der Waals surface area contributed by atoms with Crippen LogP contribution < -0.4 is 5.32 Å². The molecule has 1 fully saturated rings. The maximum absolute atomic E-state index is 13.1. The molecule has 0 radical (unpaired) electrons. The lowest BCUT2D eigenvalue weighted by atomic mass is 9.97. The Morgan fingerprint density at radius 1 is 1.16 bits per heavy atom. The van der Waals surface area contributed by atoms with Crippen molar-refractivity contribution in [3.05, 3.63) is 58.6 Å². The van der Waals surface area contributed by atoms with Crippen LogP contribution in [0.5, 0.6) is 0 Å². The second-order valence-electron chi connectivity index (χ2n) is 7.03. The van der Waals surface area contributed by atoms with Gasteiger partial charge in [-0.05, 0) is 49.2 Å². The van der Waals surface area contributed by atoms with Gasteiger partial charge in [0.1, 0.15) is 0 Å². The molecule has 1 saturated heterocycles. The van der Waals surface area contributed by atoms with Crippen LogP contribution in [0.1, 0.15) is 24.0 Å². The number of amides is 1. The first-order valence-corrected chi connectivity index (χ1v) is 11.1. The topological polar surface area (TPSA) is 66.5 Å². The maximum atomic E-state index is 13.1. The van der Waals surface area contributed by atoms with Crippen molar-refractivity contribution in [3.8, 4) is 12.3 Å². The lowest BCUT2D eigenvalue weighted by molar-refractivity contribution is -0.137. The minimum absolute atomic E-state index is 0.00872. The Bertz CT molecular complexity index is 1140. The predicted octanol–water partition coefficient (Wildman–Crippen LogP) is 4.38. The zero-order valence-corrected chi connectivity index (χ0v) is 17.7. The van der Waals surface area contributed by atoms with Gasteiger partial charge in [0.05, 0.1) is 15.5 Å². The molecular weight excluding hydrogens is 453 g/mol. The quantitative estimate of drug-likeness (QED) is 0.674. The molecule has 164 valence electrons. The largest absolute Gasteiger partial charge is 0.417 e. The molecule has 3 rings (SSSR count). The normalized spacial score (nSPS) is 16.0. The minimum atomic E-state index is -4.77.